The van der Waals surface area contributed by atoms with Gasteiger partial charge in [-0.3, -0.25) is 10.1 Å². The lowest BCUT2D eigenvalue weighted by Crippen LogP contribution is -2.04. The second kappa shape index (κ2) is 7.58. The van der Waals surface area contributed by atoms with Crippen LogP contribution in [0.2, 0.25) is 0 Å². The highest BCUT2D eigenvalue weighted by atomic mass is 32.2. The van der Waals surface area contributed by atoms with E-state index in [0.29, 0.717) is 17.1 Å². The number of benzene rings is 1. The summed E-state index contributed by atoms with van der Waals surface area (Å²) in [5.41, 5.74) is 1.16. The quantitative estimate of drug-likeness (QED) is 0.455. The fourth-order valence-electron chi connectivity index (χ4n) is 1.43. The molecule has 0 heterocycles. The Morgan fingerprint density at radius 2 is 1.89 bits per heavy atom. The van der Waals surface area contributed by atoms with Crippen LogP contribution in [0.1, 0.15) is 29.8 Å². The van der Waals surface area contributed by atoms with Crippen LogP contribution in [0.3, 0.4) is 0 Å². The Bertz CT molecular complexity index is 482. The molecule has 0 N–H and O–H groups in total. The normalized spacial score (nSPS) is 11.2. The van der Waals surface area contributed by atoms with Crippen LogP contribution in [-0.4, -0.2) is 23.3 Å². The third-order valence-corrected chi connectivity index (χ3v) is 3.14. The van der Waals surface area contributed by atoms with Gasteiger partial charge in [0.05, 0.1) is 22.0 Å². The molecule has 102 valence electrons. The van der Waals surface area contributed by atoms with Gasteiger partial charge in [0.15, 0.2) is 0 Å². The number of nitrogens with zero attached hydrogens (tertiary/aromatic N) is 1. The second-order valence-electron chi connectivity index (χ2n) is 3.51. The predicted molar refractivity (Wildman–Crippen MR) is 75.5 cm³/mol. The molecule has 0 aliphatic rings. The summed E-state index contributed by atoms with van der Waals surface area (Å²) in [6.45, 7) is 3.98. The predicted octanol–water partition coefficient (Wildman–Crippen LogP) is 3.19. The Balaban J connectivity index is 2.95. The summed E-state index contributed by atoms with van der Waals surface area (Å²) in [6.07, 6.45) is 0.980. The van der Waals surface area contributed by atoms with Gasteiger partial charge in [0.25, 0.3) is 0 Å². The molecule has 0 atom stereocenters. The van der Waals surface area contributed by atoms with Gasteiger partial charge in [-0.25, -0.2) is 4.79 Å². The number of ether oxygens (including phenoxy) is 1. The Kier molecular flexibility index (Phi) is 6.08. The number of hydrogen-bond donors (Lipinski definition) is 0. The van der Waals surface area contributed by atoms with E-state index in [2.05, 4.69) is 0 Å². The van der Waals surface area contributed by atoms with E-state index in [9.17, 15) is 14.9 Å². The molecule has 0 spiro atoms. The Hall–Kier alpha value is -1.82. The maximum atomic E-state index is 11.5. The molecule has 1 aromatic rings. The van der Waals surface area contributed by atoms with Crippen molar-refractivity contribution in [3.05, 3.63) is 51.7 Å². The number of rotatable bonds is 6. The van der Waals surface area contributed by atoms with Crippen LogP contribution >= 0.6 is 11.8 Å². The Labute approximate surface area is 115 Å². The van der Waals surface area contributed by atoms with E-state index in [1.165, 1.54) is 11.8 Å². The van der Waals surface area contributed by atoms with Crippen molar-refractivity contribution < 1.29 is 14.5 Å². The molecule has 19 heavy (non-hydrogen) atoms. The summed E-state index contributed by atoms with van der Waals surface area (Å²) >= 11 is 1.39. The molecule has 0 radical (unpaired) electrons. The molecule has 0 saturated heterocycles. The van der Waals surface area contributed by atoms with Crippen molar-refractivity contribution >= 4 is 22.6 Å². The van der Waals surface area contributed by atoms with Crippen molar-refractivity contribution in [2.75, 3.05) is 12.4 Å². The summed E-state index contributed by atoms with van der Waals surface area (Å²) < 4.78 is 4.87. The van der Waals surface area contributed by atoms with Crippen LogP contribution in [0.25, 0.3) is 4.91 Å². The first kappa shape index (κ1) is 15.2. The smallest absolute Gasteiger partial charge is 0.338 e. The van der Waals surface area contributed by atoms with Crippen molar-refractivity contribution in [3.8, 4) is 0 Å². The molecular formula is C13H15NO4S. The first-order valence-electron chi connectivity index (χ1n) is 5.84. The van der Waals surface area contributed by atoms with E-state index in [1.54, 1.807) is 31.2 Å². The molecule has 0 amide bonds. The molecule has 0 fully saturated rings. The Morgan fingerprint density at radius 1 is 1.32 bits per heavy atom. The standard InChI is InChI=1S/C13H15NO4S/c1-3-18-13(15)11-7-5-10(6-8-11)12(19-4-2)9-14(16)17/h5-9H,3-4H2,1-2H3/b12-9-. The molecule has 0 saturated carbocycles. The van der Waals surface area contributed by atoms with Crippen molar-refractivity contribution in [2.45, 2.75) is 13.8 Å². The number of carbonyl (C=O) groups excluding carboxylic acids is 1. The molecule has 5 nitrogen and oxygen atoms in total. The van der Waals surface area contributed by atoms with Crippen LogP contribution in [-0.2, 0) is 4.74 Å². The van der Waals surface area contributed by atoms with Gasteiger partial charge in [0, 0.05) is 0 Å². The van der Waals surface area contributed by atoms with Gasteiger partial charge in [-0.05, 0) is 30.4 Å². The minimum absolute atomic E-state index is 0.318. The number of carbonyl (C=O) groups is 1. The van der Waals surface area contributed by atoms with E-state index in [-0.39, 0.29) is 0 Å². The fourth-order valence-corrected chi connectivity index (χ4v) is 2.21. The van der Waals surface area contributed by atoms with Gasteiger partial charge in [-0.15, -0.1) is 11.8 Å². The zero-order valence-electron chi connectivity index (χ0n) is 10.8. The average Bonchev–Trinajstić information content (AvgIpc) is 2.38. The second-order valence-corrected chi connectivity index (χ2v) is 4.82. The topological polar surface area (TPSA) is 69.4 Å². The molecule has 6 heteroatoms. The molecule has 0 aliphatic carbocycles. The summed E-state index contributed by atoms with van der Waals surface area (Å²) in [4.78, 5) is 22.1. The van der Waals surface area contributed by atoms with Crippen molar-refractivity contribution in [3.63, 3.8) is 0 Å². The molecule has 0 unspecified atom stereocenters. The molecule has 1 rings (SSSR count). The maximum Gasteiger partial charge on any atom is 0.338 e. The van der Waals surface area contributed by atoms with Crippen LogP contribution in [0, 0.1) is 10.1 Å². The molecule has 1 aromatic carbocycles. The lowest BCUT2D eigenvalue weighted by molar-refractivity contribution is -0.401. The summed E-state index contributed by atoms with van der Waals surface area (Å²) in [7, 11) is 0. The molecular weight excluding hydrogens is 266 g/mol. The highest BCUT2D eigenvalue weighted by molar-refractivity contribution is 8.08. The zero-order valence-corrected chi connectivity index (χ0v) is 11.6. The van der Waals surface area contributed by atoms with Crippen LogP contribution in [0.5, 0.6) is 0 Å². The molecule has 0 aromatic heterocycles. The highest BCUT2D eigenvalue weighted by Gasteiger charge is 2.09. The number of hydrogen-bond acceptors (Lipinski definition) is 5. The lowest BCUT2D eigenvalue weighted by Gasteiger charge is -2.05. The monoisotopic (exact) mass is 281 g/mol. The van der Waals surface area contributed by atoms with E-state index in [0.717, 1.165) is 17.5 Å². The van der Waals surface area contributed by atoms with Gasteiger partial charge >= 0.3 is 5.97 Å². The Morgan fingerprint density at radius 3 is 2.37 bits per heavy atom. The third kappa shape index (κ3) is 4.75. The van der Waals surface area contributed by atoms with E-state index < -0.39 is 10.9 Å². The van der Waals surface area contributed by atoms with Gasteiger partial charge in [0.2, 0.25) is 6.20 Å². The largest absolute Gasteiger partial charge is 0.462 e. The number of nitro groups is 1. The van der Waals surface area contributed by atoms with Gasteiger partial charge in [-0.2, -0.15) is 0 Å². The van der Waals surface area contributed by atoms with Crippen LogP contribution in [0.15, 0.2) is 30.5 Å². The van der Waals surface area contributed by atoms with Gasteiger partial charge in [-0.1, -0.05) is 19.1 Å². The highest BCUT2D eigenvalue weighted by Crippen LogP contribution is 2.27. The molecule has 0 aliphatic heterocycles. The van der Waals surface area contributed by atoms with E-state index in [4.69, 9.17) is 4.74 Å². The fraction of sp³-hybridized carbons (Fsp3) is 0.308. The van der Waals surface area contributed by atoms with E-state index >= 15 is 0 Å². The zero-order chi connectivity index (χ0) is 14.3. The third-order valence-electron chi connectivity index (χ3n) is 2.20. The first-order valence-corrected chi connectivity index (χ1v) is 6.82. The number of esters is 1. The van der Waals surface area contributed by atoms with Crippen LogP contribution in [0.4, 0.5) is 0 Å². The van der Waals surface area contributed by atoms with Crippen molar-refractivity contribution in [1.29, 1.82) is 0 Å². The van der Waals surface area contributed by atoms with Crippen LogP contribution < -0.4 is 0 Å². The molecule has 0 bridgehead atoms. The maximum absolute atomic E-state index is 11.5. The SMILES string of the molecule is CCOC(=O)c1ccc(/C(=C/[N+](=O)[O-])SCC)cc1. The van der Waals surface area contributed by atoms with Gasteiger partial charge < -0.3 is 4.74 Å². The van der Waals surface area contributed by atoms with Crippen molar-refractivity contribution in [1.82, 2.24) is 0 Å². The lowest BCUT2D eigenvalue weighted by atomic mass is 10.1. The summed E-state index contributed by atoms with van der Waals surface area (Å²) in [5, 5.41) is 10.6. The minimum Gasteiger partial charge on any atom is -0.462 e. The minimum atomic E-state index is -0.475. The number of thioether (sulfide) groups is 1. The summed E-state index contributed by atoms with van der Waals surface area (Å²) in [5.74, 6) is 0.344. The van der Waals surface area contributed by atoms with E-state index in [1.807, 2.05) is 6.92 Å². The summed E-state index contributed by atoms with van der Waals surface area (Å²) in [6, 6.07) is 6.59. The van der Waals surface area contributed by atoms with Crippen molar-refractivity contribution in [2.24, 2.45) is 0 Å². The van der Waals surface area contributed by atoms with Gasteiger partial charge in [0.1, 0.15) is 0 Å². The average molecular weight is 281 g/mol. The first-order chi connectivity index (χ1) is 9.08.